The maximum Gasteiger partial charge on any atom is 0.119 e. The van der Waals surface area contributed by atoms with Crippen molar-refractivity contribution in [3.05, 3.63) is 29.8 Å². The highest BCUT2D eigenvalue weighted by molar-refractivity contribution is 5.28. The lowest BCUT2D eigenvalue weighted by atomic mass is 9.99. The van der Waals surface area contributed by atoms with Crippen molar-refractivity contribution in [2.24, 2.45) is 0 Å². The lowest BCUT2D eigenvalue weighted by molar-refractivity contribution is 0.413. The molecule has 0 aliphatic rings. The minimum Gasteiger partial charge on any atom is -0.497 e. The smallest absolute Gasteiger partial charge is 0.119 e. The molecule has 0 radical (unpaired) electrons. The molecule has 1 aromatic rings. The third-order valence-electron chi connectivity index (χ3n) is 3.93. The second-order valence-corrected chi connectivity index (χ2v) is 5.60. The van der Waals surface area contributed by atoms with Crippen molar-refractivity contribution >= 4 is 0 Å². The summed E-state index contributed by atoms with van der Waals surface area (Å²) >= 11 is 0. The zero-order valence-electron chi connectivity index (χ0n) is 13.5. The second kappa shape index (κ2) is 10.7. The fraction of sp³-hybridized carbons (Fsp3) is 0.667. The van der Waals surface area contributed by atoms with Crippen molar-refractivity contribution in [2.45, 2.75) is 64.3 Å². The van der Waals surface area contributed by atoms with E-state index in [1.165, 1.54) is 50.5 Å². The molecule has 0 bridgehead atoms. The predicted octanol–water partition coefficient (Wildman–Crippen LogP) is 4.58. The van der Waals surface area contributed by atoms with Crippen LogP contribution in [0.5, 0.6) is 5.75 Å². The first-order chi connectivity index (χ1) is 9.80. The van der Waals surface area contributed by atoms with Gasteiger partial charge < -0.3 is 10.1 Å². The first-order valence-corrected chi connectivity index (χ1v) is 8.10. The molecule has 0 spiro atoms. The number of rotatable bonds is 11. The number of nitrogens with one attached hydrogen (secondary N) is 1. The Morgan fingerprint density at radius 3 is 2.55 bits per heavy atom. The van der Waals surface area contributed by atoms with E-state index < -0.39 is 0 Å². The van der Waals surface area contributed by atoms with E-state index in [1.54, 1.807) is 7.11 Å². The van der Waals surface area contributed by atoms with Gasteiger partial charge in [-0.1, -0.05) is 57.6 Å². The number of hydrogen-bond donors (Lipinski definition) is 1. The fourth-order valence-corrected chi connectivity index (χ4v) is 2.60. The predicted molar refractivity (Wildman–Crippen MR) is 87.5 cm³/mol. The van der Waals surface area contributed by atoms with Crippen LogP contribution in [0, 0.1) is 0 Å². The minimum atomic E-state index is 0.577. The van der Waals surface area contributed by atoms with Gasteiger partial charge in [-0.2, -0.15) is 0 Å². The van der Waals surface area contributed by atoms with Crippen molar-refractivity contribution in [1.82, 2.24) is 5.32 Å². The minimum absolute atomic E-state index is 0.577. The van der Waals surface area contributed by atoms with Gasteiger partial charge in [0.05, 0.1) is 7.11 Å². The molecule has 0 aliphatic carbocycles. The van der Waals surface area contributed by atoms with E-state index in [0.29, 0.717) is 6.04 Å². The summed E-state index contributed by atoms with van der Waals surface area (Å²) < 4.78 is 5.29. The fourth-order valence-electron chi connectivity index (χ4n) is 2.60. The lowest BCUT2D eigenvalue weighted by Gasteiger charge is -2.16. The van der Waals surface area contributed by atoms with E-state index in [-0.39, 0.29) is 0 Å². The quantitative estimate of drug-likeness (QED) is 0.598. The van der Waals surface area contributed by atoms with Crippen LogP contribution in [0.1, 0.15) is 57.4 Å². The maximum absolute atomic E-state index is 5.29. The zero-order chi connectivity index (χ0) is 14.6. The highest BCUT2D eigenvalue weighted by Gasteiger charge is 2.07. The van der Waals surface area contributed by atoms with E-state index in [4.69, 9.17) is 4.74 Å². The van der Waals surface area contributed by atoms with E-state index in [2.05, 4.69) is 37.5 Å². The topological polar surface area (TPSA) is 21.3 Å². The Morgan fingerprint density at radius 2 is 1.85 bits per heavy atom. The van der Waals surface area contributed by atoms with Crippen LogP contribution in [0.4, 0.5) is 0 Å². The molecule has 0 heterocycles. The summed E-state index contributed by atoms with van der Waals surface area (Å²) in [5.41, 5.74) is 1.36. The highest BCUT2D eigenvalue weighted by atomic mass is 16.5. The number of hydrogen-bond acceptors (Lipinski definition) is 2. The van der Waals surface area contributed by atoms with Crippen LogP contribution in [-0.4, -0.2) is 20.2 Å². The molecule has 0 saturated heterocycles. The third-order valence-corrected chi connectivity index (χ3v) is 3.93. The summed E-state index contributed by atoms with van der Waals surface area (Å²) in [6, 6.07) is 8.99. The monoisotopic (exact) mass is 277 g/mol. The van der Waals surface area contributed by atoms with Gasteiger partial charge in [0, 0.05) is 6.04 Å². The first-order valence-electron chi connectivity index (χ1n) is 8.10. The third kappa shape index (κ3) is 6.95. The number of methoxy groups -OCH3 is 1. The van der Waals surface area contributed by atoms with Gasteiger partial charge >= 0.3 is 0 Å². The van der Waals surface area contributed by atoms with E-state index in [0.717, 1.165) is 12.2 Å². The van der Waals surface area contributed by atoms with Gasteiger partial charge in [0.15, 0.2) is 0 Å². The second-order valence-electron chi connectivity index (χ2n) is 5.60. The Morgan fingerprint density at radius 1 is 1.10 bits per heavy atom. The maximum atomic E-state index is 5.29. The first kappa shape index (κ1) is 17.0. The Balaban J connectivity index is 2.27. The van der Waals surface area contributed by atoms with Crippen LogP contribution in [0.3, 0.4) is 0 Å². The van der Waals surface area contributed by atoms with Crippen molar-refractivity contribution in [3.63, 3.8) is 0 Å². The molecule has 1 unspecified atom stereocenters. The molecular formula is C18H31NO. The molecule has 0 aliphatic heterocycles. The molecule has 0 aromatic heterocycles. The number of ether oxygens (including phenoxy) is 1. The Bertz CT molecular complexity index is 351. The summed E-state index contributed by atoms with van der Waals surface area (Å²) in [6.07, 6.45) is 10.6. The molecule has 114 valence electrons. The van der Waals surface area contributed by atoms with E-state index in [9.17, 15) is 0 Å². The summed E-state index contributed by atoms with van der Waals surface area (Å²) in [7, 11) is 3.80. The standard InChI is InChI=1S/C18H31NO/c1-4-5-6-7-8-9-12-17(19-2)14-16-11-10-13-18(15-16)20-3/h10-11,13,15,17,19H,4-9,12,14H2,1-3H3. The van der Waals surface area contributed by atoms with Crippen molar-refractivity contribution in [3.8, 4) is 5.75 Å². The normalized spacial score (nSPS) is 12.3. The molecule has 1 aromatic carbocycles. The van der Waals surface area contributed by atoms with Crippen LogP contribution in [-0.2, 0) is 6.42 Å². The van der Waals surface area contributed by atoms with Gasteiger partial charge in [-0.05, 0) is 37.6 Å². The molecule has 1 N–H and O–H groups in total. The molecule has 2 nitrogen and oxygen atoms in total. The molecule has 2 heteroatoms. The molecule has 0 amide bonds. The Kier molecular flexibility index (Phi) is 9.14. The molecule has 1 atom stereocenters. The van der Waals surface area contributed by atoms with Gasteiger partial charge in [0.1, 0.15) is 5.75 Å². The van der Waals surface area contributed by atoms with Gasteiger partial charge in [0.2, 0.25) is 0 Å². The summed E-state index contributed by atoms with van der Waals surface area (Å²) in [5, 5.41) is 3.45. The largest absolute Gasteiger partial charge is 0.497 e. The number of benzene rings is 1. The average Bonchev–Trinajstić information content (AvgIpc) is 2.49. The van der Waals surface area contributed by atoms with Crippen molar-refractivity contribution in [2.75, 3.05) is 14.2 Å². The molecule has 0 fully saturated rings. The van der Waals surface area contributed by atoms with E-state index >= 15 is 0 Å². The SMILES string of the molecule is CCCCCCCCC(Cc1cccc(OC)c1)NC. The molecule has 20 heavy (non-hydrogen) atoms. The molecule has 0 saturated carbocycles. The van der Waals surface area contributed by atoms with Crippen LogP contribution >= 0.6 is 0 Å². The van der Waals surface area contributed by atoms with Gasteiger partial charge in [0.25, 0.3) is 0 Å². The lowest BCUT2D eigenvalue weighted by Crippen LogP contribution is -2.27. The number of unbranched alkanes of at least 4 members (excludes halogenated alkanes) is 5. The zero-order valence-corrected chi connectivity index (χ0v) is 13.5. The summed E-state index contributed by atoms with van der Waals surface area (Å²) in [4.78, 5) is 0. The van der Waals surface area contributed by atoms with Gasteiger partial charge in [-0.25, -0.2) is 0 Å². The van der Waals surface area contributed by atoms with Crippen molar-refractivity contribution in [1.29, 1.82) is 0 Å². The van der Waals surface area contributed by atoms with Gasteiger partial charge in [-0.15, -0.1) is 0 Å². The van der Waals surface area contributed by atoms with Crippen LogP contribution in [0.15, 0.2) is 24.3 Å². The average molecular weight is 277 g/mol. The van der Waals surface area contributed by atoms with Crippen molar-refractivity contribution < 1.29 is 4.74 Å². The van der Waals surface area contributed by atoms with E-state index in [1.807, 2.05) is 6.07 Å². The highest BCUT2D eigenvalue weighted by Crippen LogP contribution is 2.16. The molecule has 1 rings (SSSR count). The molecular weight excluding hydrogens is 246 g/mol. The summed E-state index contributed by atoms with van der Waals surface area (Å²) in [5.74, 6) is 0.955. The van der Waals surface area contributed by atoms with Crippen LogP contribution in [0.2, 0.25) is 0 Å². The Labute approximate surface area is 124 Å². The van der Waals surface area contributed by atoms with Gasteiger partial charge in [-0.3, -0.25) is 0 Å². The van der Waals surface area contributed by atoms with Crippen LogP contribution < -0.4 is 10.1 Å². The Hall–Kier alpha value is -1.02. The summed E-state index contributed by atoms with van der Waals surface area (Å²) in [6.45, 7) is 2.27. The van der Waals surface area contributed by atoms with Crippen LogP contribution in [0.25, 0.3) is 0 Å². The number of likely N-dealkylation sites (N-methyl/N-ethyl adjacent to an activating group) is 1.